The van der Waals surface area contributed by atoms with Crippen LogP contribution < -0.4 is 10.6 Å². The largest absolute Gasteiger partial charge is 0.451 e. The molecule has 4 amide bonds. The van der Waals surface area contributed by atoms with Gasteiger partial charge in [0.25, 0.3) is 11.8 Å². The Kier molecular flexibility index (Phi) is 6.43. The zero-order valence-corrected chi connectivity index (χ0v) is 16.1. The van der Waals surface area contributed by atoms with E-state index in [9.17, 15) is 19.2 Å². The van der Waals surface area contributed by atoms with Gasteiger partial charge in [-0.1, -0.05) is 36.7 Å². The maximum atomic E-state index is 12.3. The molecule has 0 unspecified atom stereocenters. The number of carbonyl (C=O) groups is 4. The molecule has 2 N–H and O–H groups in total. The van der Waals surface area contributed by atoms with E-state index >= 15 is 0 Å². The number of carbonyl (C=O) groups excluding carboxylic acids is 4. The minimum absolute atomic E-state index is 0.183. The van der Waals surface area contributed by atoms with E-state index in [1.165, 1.54) is 6.92 Å². The maximum Gasteiger partial charge on any atom is 0.327 e. The molecule has 2 rings (SSSR count). The van der Waals surface area contributed by atoms with Gasteiger partial charge < -0.3 is 15.4 Å². The number of urea groups is 1. The van der Waals surface area contributed by atoms with Crippen LogP contribution in [0.2, 0.25) is 5.02 Å². The lowest BCUT2D eigenvalue weighted by molar-refractivity contribution is -0.156. The molecule has 0 radical (unpaired) electrons. The summed E-state index contributed by atoms with van der Waals surface area (Å²) in [6.45, 7) is 4.38. The summed E-state index contributed by atoms with van der Waals surface area (Å²) in [5, 5.41) is 5.67. The number of nitrogens with zero attached hydrogens (tertiary/aromatic N) is 1. The minimum Gasteiger partial charge on any atom is -0.451 e. The van der Waals surface area contributed by atoms with Gasteiger partial charge in [-0.25, -0.2) is 4.79 Å². The number of ether oxygens (including phenoxy) is 1. The zero-order valence-electron chi connectivity index (χ0n) is 15.4. The molecular weight excluding hydrogens is 374 g/mol. The summed E-state index contributed by atoms with van der Waals surface area (Å²) in [6.07, 6.45) is -0.692. The Morgan fingerprint density at radius 2 is 2.00 bits per heavy atom. The van der Waals surface area contributed by atoms with Crippen molar-refractivity contribution in [3.8, 4) is 0 Å². The smallest absolute Gasteiger partial charge is 0.327 e. The van der Waals surface area contributed by atoms with Crippen LogP contribution in [-0.2, 0) is 25.7 Å². The second kappa shape index (κ2) is 8.39. The highest BCUT2D eigenvalue weighted by molar-refractivity contribution is 6.31. The molecule has 1 aromatic rings. The van der Waals surface area contributed by atoms with Gasteiger partial charge in [-0.05, 0) is 31.9 Å². The van der Waals surface area contributed by atoms with Crippen molar-refractivity contribution in [3.63, 3.8) is 0 Å². The molecule has 1 aliphatic rings. The first-order chi connectivity index (χ1) is 12.7. The Morgan fingerprint density at radius 3 is 2.59 bits per heavy atom. The van der Waals surface area contributed by atoms with Crippen LogP contribution in [0.1, 0.15) is 32.8 Å². The number of hydrogen-bond donors (Lipinski definition) is 2. The van der Waals surface area contributed by atoms with Gasteiger partial charge in [0.2, 0.25) is 0 Å². The predicted octanol–water partition coefficient (Wildman–Crippen LogP) is 1.61. The van der Waals surface area contributed by atoms with Crippen molar-refractivity contribution in [2.45, 2.75) is 45.4 Å². The highest BCUT2D eigenvalue weighted by Crippen LogP contribution is 2.20. The Balaban J connectivity index is 1.86. The number of rotatable bonds is 7. The summed E-state index contributed by atoms with van der Waals surface area (Å²) in [6, 6.07) is 6.38. The van der Waals surface area contributed by atoms with Gasteiger partial charge in [-0.15, -0.1) is 0 Å². The monoisotopic (exact) mass is 395 g/mol. The molecule has 2 atom stereocenters. The number of imide groups is 1. The fourth-order valence-electron chi connectivity index (χ4n) is 2.52. The molecule has 0 spiro atoms. The van der Waals surface area contributed by atoms with Crippen molar-refractivity contribution in [1.29, 1.82) is 0 Å². The first-order valence-electron chi connectivity index (χ1n) is 8.52. The van der Waals surface area contributed by atoms with Gasteiger partial charge in [0.05, 0.1) is 0 Å². The van der Waals surface area contributed by atoms with Crippen LogP contribution in [0.3, 0.4) is 0 Å². The number of halogens is 1. The molecule has 1 aliphatic heterocycles. The Morgan fingerprint density at radius 1 is 1.33 bits per heavy atom. The minimum atomic E-state index is -1.08. The maximum absolute atomic E-state index is 12.3. The molecule has 146 valence electrons. The zero-order chi connectivity index (χ0) is 20.2. The highest BCUT2D eigenvalue weighted by atomic mass is 35.5. The van der Waals surface area contributed by atoms with Crippen LogP contribution in [0.15, 0.2) is 24.3 Å². The molecule has 1 aromatic carbocycles. The Hall–Kier alpha value is -2.61. The average Bonchev–Trinajstić information content (AvgIpc) is 2.84. The lowest BCUT2D eigenvalue weighted by Crippen LogP contribution is -2.44. The normalized spacial score (nSPS) is 20.2. The quantitative estimate of drug-likeness (QED) is 0.539. The topological polar surface area (TPSA) is 105 Å². The summed E-state index contributed by atoms with van der Waals surface area (Å²) in [4.78, 5) is 49.1. The molecule has 0 bridgehead atoms. The fourth-order valence-corrected chi connectivity index (χ4v) is 2.72. The molecular formula is C18H22ClN3O5. The predicted molar refractivity (Wildman–Crippen MR) is 97.8 cm³/mol. The molecule has 1 saturated heterocycles. The van der Waals surface area contributed by atoms with Gasteiger partial charge >= 0.3 is 12.0 Å². The summed E-state index contributed by atoms with van der Waals surface area (Å²) in [5.41, 5.74) is -0.306. The standard InChI is InChI=1S/C18H22ClN3O5/c1-4-18(3)16(25)22(17(26)21-18)10-14(23)27-11(2)15(24)20-9-12-7-5-6-8-13(12)19/h5-8,11H,4,9-10H2,1-3H3,(H,20,24)(H,21,26)/t11-,18-/m0/s1. The highest BCUT2D eigenvalue weighted by Gasteiger charge is 2.47. The Labute approximate surface area is 162 Å². The number of benzene rings is 1. The van der Waals surface area contributed by atoms with Crippen molar-refractivity contribution >= 4 is 35.4 Å². The molecule has 1 fully saturated rings. The first-order valence-corrected chi connectivity index (χ1v) is 8.90. The third-order valence-corrected chi connectivity index (χ3v) is 4.80. The third-order valence-electron chi connectivity index (χ3n) is 4.43. The van der Waals surface area contributed by atoms with E-state index in [1.54, 1.807) is 38.1 Å². The number of hydrogen-bond acceptors (Lipinski definition) is 5. The van der Waals surface area contributed by atoms with E-state index in [0.717, 1.165) is 10.5 Å². The van der Waals surface area contributed by atoms with Crippen LogP contribution in [0, 0.1) is 0 Å². The molecule has 0 saturated carbocycles. The van der Waals surface area contributed by atoms with Gasteiger partial charge in [0.1, 0.15) is 12.1 Å². The number of esters is 1. The molecule has 0 aliphatic carbocycles. The summed E-state index contributed by atoms with van der Waals surface area (Å²) < 4.78 is 5.03. The summed E-state index contributed by atoms with van der Waals surface area (Å²) in [5.74, 6) is -1.86. The first kappa shape index (κ1) is 20.7. The summed E-state index contributed by atoms with van der Waals surface area (Å²) >= 11 is 6.02. The van der Waals surface area contributed by atoms with E-state index in [4.69, 9.17) is 16.3 Å². The SMILES string of the molecule is CC[C@]1(C)NC(=O)N(CC(=O)O[C@@H](C)C(=O)NCc2ccccc2Cl)C1=O. The van der Waals surface area contributed by atoms with E-state index in [-0.39, 0.29) is 6.54 Å². The van der Waals surface area contributed by atoms with Crippen molar-refractivity contribution in [2.75, 3.05) is 6.54 Å². The summed E-state index contributed by atoms with van der Waals surface area (Å²) in [7, 11) is 0. The van der Waals surface area contributed by atoms with Crippen LogP contribution in [0.4, 0.5) is 4.79 Å². The number of nitrogens with one attached hydrogen (secondary N) is 2. The van der Waals surface area contributed by atoms with E-state index in [1.807, 2.05) is 0 Å². The van der Waals surface area contributed by atoms with Gasteiger partial charge in [0, 0.05) is 11.6 Å². The molecule has 1 heterocycles. The van der Waals surface area contributed by atoms with Crippen molar-refractivity contribution in [2.24, 2.45) is 0 Å². The molecule has 0 aromatic heterocycles. The third kappa shape index (κ3) is 4.77. The van der Waals surface area contributed by atoms with E-state index in [2.05, 4.69) is 10.6 Å². The van der Waals surface area contributed by atoms with Crippen LogP contribution in [-0.4, -0.2) is 46.9 Å². The van der Waals surface area contributed by atoms with E-state index < -0.39 is 42.0 Å². The average molecular weight is 396 g/mol. The molecule has 27 heavy (non-hydrogen) atoms. The van der Waals surface area contributed by atoms with Gasteiger partial charge in [0.15, 0.2) is 6.10 Å². The fraction of sp³-hybridized carbons (Fsp3) is 0.444. The van der Waals surface area contributed by atoms with Crippen LogP contribution in [0.25, 0.3) is 0 Å². The number of amides is 4. The van der Waals surface area contributed by atoms with Crippen molar-refractivity contribution in [3.05, 3.63) is 34.9 Å². The van der Waals surface area contributed by atoms with Crippen molar-refractivity contribution < 1.29 is 23.9 Å². The van der Waals surface area contributed by atoms with Gasteiger partial charge in [-0.3, -0.25) is 19.3 Å². The van der Waals surface area contributed by atoms with E-state index in [0.29, 0.717) is 11.4 Å². The van der Waals surface area contributed by atoms with Crippen molar-refractivity contribution in [1.82, 2.24) is 15.5 Å². The lowest BCUT2D eigenvalue weighted by atomic mass is 9.99. The second-order valence-corrected chi connectivity index (χ2v) is 6.86. The lowest BCUT2D eigenvalue weighted by Gasteiger charge is -2.19. The van der Waals surface area contributed by atoms with Gasteiger partial charge in [-0.2, -0.15) is 0 Å². The van der Waals surface area contributed by atoms with Crippen LogP contribution in [0.5, 0.6) is 0 Å². The Bertz CT molecular complexity index is 769. The molecule has 8 nitrogen and oxygen atoms in total. The van der Waals surface area contributed by atoms with Crippen LogP contribution >= 0.6 is 11.6 Å². The second-order valence-electron chi connectivity index (χ2n) is 6.45. The molecule has 9 heteroatoms.